The van der Waals surface area contributed by atoms with Gasteiger partial charge in [-0.15, -0.1) is 0 Å². The molecule has 0 fully saturated rings. The van der Waals surface area contributed by atoms with E-state index in [1.807, 2.05) is 39.8 Å². The zero-order valence-electron chi connectivity index (χ0n) is 14.3. The summed E-state index contributed by atoms with van der Waals surface area (Å²) in [5, 5.41) is 4.16. The second-order valence-corrected chi connectivity index (χ2v) is 5.19. The van der Waals surface area contributed by atoms with Crippen LogP contribution in [-0.2, 0) is 0 Å². The molecular formula is C18H23NO4. The molecule has 2 aromatic rings. The second-order valence-electron chi connectivity index (χ2n) is 5.19. The standard InChI is InChI=1S/C18H23NO4/c1-6-21-15-10-16(22-7-2)17(23-18(20)19-5)14-9-12(4)11(3)8-13(14)15/h8-10H,6-7H2,1-5H3,(H,19,20). The number of rotatable bonds is 5. The third-order valence-corrected chi connectivity index (χ3v) is 3.63. The third-order valence-electron chi connectivity index (χ3n) is 3.63. The van der Waals surface area contributed by atoms with Gasteiger partial charge in [0.1, 0.15) is 5.75 Å². The normalized spacial score (nSPS) is 10.5. The van der Waals surface area contributed by atoms with Crippen molar-refractivity contribution in [3.63, 3.8) is 0 Å². The molecule has 0 atom stereocenters. The molecular weight excluding hydrogens is 294 g/mol. The van der Waals surface area contributed by atoms with E-state index in [0.717, 1.165) is 27.6 Å². The van der Waals surface area contributed by atoms with Crippen LogP contribution in [0.25, 0.3) is 10.8 Å². The zero-order valence-corrected chi connectivity index (χ0v) is 14.3. The number of hydrogen-bond acceptors (Lipinski definition) is 4. The predicted octanol–water partition coefficient (Wildman–Crippen LogP) is 3.97. The molecule has 124 valence electrons. The van der Waals surface area contributed by atoms with Crippen LogP contribution >= 0.6 is 0 Å². The molecule has 0 aromatic heterocycles. The maximum atomic E-state index is 11.7. The Kier molecular flexibility index (Phi) is 5.32. The van der Waals surface area contributed by atoms with Crippen molar-refractivity contribution in [1.29, 1.82) is 0 Å². The first-order chi connectivity index (χ1) is 11.0. The molecule has 0 radical (unpaired) electrons. The Morgan fingerprint density at radius 2 is 1.52 bits per heavy atom. The molecule has 0 unspecified atom stereocenters. The van der Waals surface area contributed by atoms with Gasteiger partial charge >= 0.3 is 6.09 Å². The molecule has 0 aliphatic carbocycles. The fraction of sp³-hybridized carbons (Fsp3) is 0.389. The number of hydrogen-bond donors (Lipinski definition) is 1. The van der Waals surface area contributed by atoms with Crippen molar-refractivity contribution >= 4 is 16.9 Å². The summed E-state index contributed by atoms with van der Waals surface area (Å²) in [4.78, 5) is 11.7. The van der Waals surface area contributed by atoms with Gasteiger partial charge in [0.15, 0.2) is 11.5 Å². The molecule has 23 heavy (non-hydrogen) atoms. The maximum absolute atomic E-state index is 11.7. The molecule has 0 spiro atoms. The highest BCUT2D eigenvalue weighted by Gasteiger charge is 2.19. The summed E-state index contributed by atoms with van der Waals surface area (Å²) in [7, 11) is 1.52. The number of aryl methyl sites for hydroxylation is 2. The lowest BCUT2D eigenvalue weighted by Crippen LogP contribution is -2.22. The Labute approximate surface area is 136 Å². The Bertz CT molecular complexity index is 725. The number of fused-ring (bicyclic) bond motifs is 1. The summed E-state index contributed by atoms with van der Waals surface area (Å²) in [6, 6.07) is 5.82. The molecule has 0 heterocycles. The van der Waals surface area contributed by atoms with E-state index in [2.05, 4.69) is 5.32 Å². The molecule has 0 saturated heterocycles. The largest absolute Gasteiger partial charge is 0.493 e. The van der Waals surface area contributed by atoms with E-state index in [1.165, 1.54) is 7.05 Å². The van der Waals surface area contributed by atoms with Gasteiger partial charge in [-0.1, -0.05) is 0 Å². The van der Waals surface area contributed by atoms with Gasteiger partial charge in [0.2, 0.25) is 0 Å². The Morgan fingerprint density at radius 1 is 0.957 bits per heavy atom. The summed E-state index contributed by atoms with van der Waals surface area (Å²) in [6.45, 7) is 8.89. The molecule has 0 bridgehead atoms. The van der Waals surface area contributed by atoms with Gasteiger partial charge in [0.25, 0.3) is 0 Å². The molecule has 5 heteroatoms. The highest BCUT2D eigenvalue weighted by atomic mass is 16.6. The Hall–Kier alpha value is -2.43. The Morgan fingerprint density at radius 3 is 2.09 bits per heavy atom. The van der Waals surface area contributed by atoms with Crippen LogP contribution in [0.1, 0.15) is 25.0 Å². The van der Waals surface area contributed by atoms with Gasteiger partial charge < -0.3 is 19.5 Å². The quantitative estimate of drug-likeness (QED) is 0.906. The summed E-state index contributed by atoms with van der Waals surface area (Å²) >= 11 is 0. The lowest BCUT2D eigenvalue weighted by Gasteiger charge is -2.17. The molecule has 5 nitrogen and oxygen atoms in total. The number of amides is 1. The van der Waals surface area contributed by atoms with Crippen LogP contribution in [0.5, 0.6) is 17.2 Å². The van der Waals surface area contributed by atoms with Gasteiger partial charge in [-0.2, -0.15) is 0 Å². The van der Waals surface area contributed by atoms with Crippen LogP contribution in [-0.4, -0.2) is 26.4 Å². The molecule has 2 aromatic carbocycles. The monoisotopic (exact) mass is 317 g/mol. The summed E-state index contributed by atoms with van der Waals surface area (Å²) < 4.78 is 16.9. The minimum atomic E-state index is -0.533. The summed E-state index contributed by atoms with van der Waals surface area (Å²) in [5.41, 5.74) is 2.25. The minimum Gasteiger partial charge on any atom is -0.493 e. The fourth-order valence-corrected chi connectivity index (χ4v) is 2.39. The van der Waals surface area contributed by atoms with Crippen molar-refractivity contribution in [2.24, 2.45) is 0 Å². The SMILES string of the molecule is CCOc1cc(OCC)c2cc(C)c(C)cc2c1OC(=O)NC. The van der Waals surface area contributed by atoms with Crippen molar-refractivity contribution in [3.8, 4) is 17.2 Å². The van der Waals surface area contributed by atoms with Crippen LogP contribution in [0.3, 0.4) is 0 Å². The minimum absolute atomic E-state index is 0.410. The van der Waals surface area contributed by atoms with Gasteiger partial charge in [-0.05, 0) is 51.0 Å². The first-order valence-electron chi connectivity index (χ1n) is 7.74. The highest BCUT2D eigenvalue weighted by Crippen LogP contribution is 2.42. The van der Waals surface area contributed by atoms with Crippen LogP contribution in [0.15, 0.2) is 18.2 Å². The number of ether oxygens (including phenoxy) is 3. The van der Waals surface area contributed by atoms with Crippen LogP contribution < -0.4 is 19.5 Å². The topological polar surface area (TPSA) is 56.8 Å². The van der Waals surface area contributed by atoms with E-state index in [-0.39, 0.29) is 0 Å². The van der Waals surface area contributed by atoms with Gasteiger partial charge in [0, 0.05) is 23.9 Å². The molecule has 2 rings (SSSR count). The molecule has 0 aliphatic rings. The van der Waals surface area contributed by atoms with E-state index in [9.17, 15) is 4.79 Å². The maximum Gasteiger partial charge on any atom is 0.412 e. The zero-order chi connectivity index (χ0) is 17.0. The van der Waals surface area contributed by atoms with Crippen molar-refractivity contribution < 1.29 is 19.0 Å². The fourth-order valence-electron chi connectivity index (χ4n) is 2.39. The van der Waals surface area contributed by atoms with Crippen LogP contribution in [0, 0.1) is 13.8 Å². The molecule has 0 aliphatic heterocycles. The second kappa shape index (κ2) is 7.22. The first kappa shape index (κ1) is 16.9. The predicted molar refractivity (Wildman–Crippen MR) is 90.8 cm³/mol. The number of nitrogens with one attached hydrogen (secondary N) is 1. The smallest absolute Gasteiger partial charge is 0.412 e. The number of carbonyl (C=O) groups excluding carboxylic acids is 1. The summed E-state index contributed by atoms with van der Waals surface area (Å²) in [6.07, 6.45) is -0.533. The molecule has 1 N–H and O–H groups in total. The van der Waals surface area contributed by atoms with Crippen LogP contribution in [0.4, 0.5) is 4.79 Å². The van der Waals surface area contributed by atoms with Crippen molar-refractivity contribution in [3.05, 3.63) is 29.3 Å². The molecule has 1 amide bonds. The number of carbonyl (C=O) groups is 1. The van der Waals surface area contributed by atoms with Gasteiger partial charge in [-0.25, -0.2) is 4.79 Å². The van der Waals surface area contributed by atoms with E-state index < -0.39 is 6.09 Å². The van der Waals surface area contributed by atoms with Crippen molar-refractivity contribution in [1.82, 2.24) is 5.32 Å². The van der Waals surface area contributed by atoms with Gasteiger partial charge in [0.05, 0.1) is 13.2 Å². The van der Waals surface area contributed by atoms with E-state index in [1.54, 1.807) is 6.07 Å². The highest BCUT2D eigenvalue weighted by molar-refractivity contribution is 5.98. The van der Waals surface area contributed by atoms with E-state index in [4.69, 9.17) is 14.2 Å². The lowest BCUT2D eigenvalue weighted by atomic mass is 10.0. The molecule has 0 saturated carbocycles. The van der Waals surface area contributed by atoms with Crippen LogP contribution in [0.2, 0.25) is 0 Å². The van der Waals surface area contributed by atoms with E-state index >= 15 is 0 Å². The Balaban J connectivity index is 2.77. The van der Waals surface area contributed by atoms with Gasteiger partial charge in [-0.3, -0.25) is 0 Å². The van der Waals surface area contributed by atoms with Crippen molar-refractivity contribution in [2.45, 2.75) is 27.7 Å². The van der Waals surface area contributed by atoms with Crippen molar-refractivity contribution in [2.75, 3.05) is 20.3 Å². The third kappa shape index (κ3) is 3.50. The number of benzene rings is 2. The summed E-state index contributed by atoms with van der Waals surface area (Å²) in [5.74, 6) is 1.63. The lowest BCUT2D eigenvalue weighted by molar-refractivity contribution is 0.200. The van der Waals surface area contributed by atoms with E-state index in [0.29, 0.717) is 24.7 Å². The first-order valence-corrected chi connectivity index (χ1v) is 7.74. The average Bonchev–Trinajstić information content (AvgIpc) is 2.53. The average molecular weight is 317 g/mol.